The summed E-state index contributed by atoms with van der Waals surface area (Å²) in [5.41, 5.74) is 1.66. The lowest BCUT2D eigenvalue weighted by atomic mass is 10.0. The molecule has 2 aromatic rings. The standard InChI is InChI=1S/C15H16O3/c1-10-14(8-9-17-10)15(16)11-2-4-12(5-3-11)18-13-6-7-13/h2-5,8-9,13,15-16H,6-7H2,1H3. The third-order valence-corrected chi connectivity index (χ3v) is 3.22. The summed E-state index contributed by atoms with van der Waals surface area (Å²) < 4.78 is 10.9. The predicted molar refractivity (Wildman–Crippen MR) is 67.6 cm³/mol. The minimum absolute atomic E-state index is 0.400. The van der Waals surface area contributed by atoms with E-state index in [2.05, 4.69) is 0 Å². The van der Waals surface area contributed by atoms with Crippen LogP contribution in [0.1, 0.15) is 35.8 Å². The average Bonchev–Trinajstić information content (AvgIpc) is 3.09. The van der Waals surface area contributed by atoms with E-state index < -0.39 is 6.10 Å². The zero-order valence-corrected chi connectivity index (χ0v) is 10.3. The quantitative estimate of drug-likeness (QED) is 0.898. The van der Waals surface area contributed by atoms with E-state index in [1.807, 2.05) is 31.2 Å². The van der Waals surface area contributed by atoms with Crippen LogP contribution >= 0.6 is 0 Å². The third-order valence-electron chi connectivity index (χ3n) is 3.22. The molecule has 0 saturated heterocycles. The molecule has 1 aromatic heterocycles. The number of aryl methyl sites for hydroxylation is 1. The van der Waals surface area contributed by atoms with Crippen molar-refractivity contribution in [3.63, 3.8) is 0 Å². The Morgan fingerprint density at radius 3 is 2.50 bits per heavy atom. The Morgan fingerprint density at radius 2 is 1.94 bits per heavy atom. The Morgan fingerprint density at radius 1 is 1.22 bits per heavy atom. The van der Waals surface area contributed by atoms with Crippen molar-refractivity contribution in [2.45, 2.75) is 32.0 Å². The lowest BCUT2D eigenvalue weighted by Crippen LogP contribution is -2.00. The van der Waals surface area contributed by atoms with Gasteiger partial charge in [-0.2, -0.15) is 0 Å². The second-order valence-corrected chi connectivity index (χ2v) is 4.72. The number of hydrogen-bond acceptors (Lipinski definition) is 3. The van der Waals surface area contributed by atoms with Crippen LogP contribution in [0.4, 0.5) is 0 Å². The molecule has 3 nitrogen and oxygen atoms in total. The number of aliphatic hydroxyl groups excluding tert-OH is 1. The van der Waals surface area contributed by atoms with Crippen LogP contribution in [0.5, 0.6) is 5.75 Å². The van der Waals surface area contributed by atoms with E-state index in [9.17, 15) is 5.11 Å². The first-order valence-electron chi connectivity index (χ1n) is 6.23. The molecule has 1 saturated carbocycles. The lowest BCUT2D eigenvalue weighted by molar-refractivity contribution is 0.217. The first-order valence-corrected chi connectivity index (χ1v) is 6.23. The highest BCUT2D eigenvalue weighted by Crippen LogP contribution is 2.29. The zero-order valence-electron chi connectivity index (χ0n) is 10.3. The van der Waals surface area contributed by atoms with Crippen molar-refractivity contribution >= 4 is 0 Å². The van der Waals surface area contributed by atoms with Crippen molar-refractivity contribution in [2.24, 2.45) is 0 Å². The molecule has 1 aromatic carbocycles. The van der Waals surface area contributed by atoms with Crippen LogP contribution in [-0.4, -0.2) is 11.2 Å². The molecule has 18 heavy (non-hydrogen) atoms. The summed E-state index contributed by atoms with van der Waals surface area (Å²) in [5, 5.41) is 10.2. The van der Waals surface area contributed by atoms with E-state index in [0.717, 1.165) is 35.5 Å². The molecule has 3 rings (SSSR count). The first kappa shape index (κ1) is 11.4. The summed E-state index contributed by atoms with van der Waals surface area (Å²) in [7, 11) is 0. The Labute approximate surface area is 106 Å². The molecule has 1 fully saturated rings. The third kappa shape index (κ3) is 2.27. The number of rotatable bonds is 4. The minimum Gasteiger partial charge on any atom is -0.490 e. The number of benzene rings is 1. The van der Waals surface area contributed by atoms with Gasteiger partial charge in [-0.25, -0.2) is 0 Å². The molecule has 0 spiro atoms. The van der Waals surface area contributed by atoms with Crippen LogP contribution in [0.2, 0.25) is 0 Å². The van der Waals surface area contributed by atoms with Gasteiger partial charge in [0.1, 0.15) is 17.6 Å². The smallest absolute Gasteiger partial charge is 0.119 e. The molecule has 1 heterocycles. The average molecular weight is 244 g/mol. The zero-order chi connectivity index (χ0) is 12.5. The highest BCUT2D eigenvalue weighted by atomic mass is 16.5. The molecule has 3 heteroatoms. The SMILES string of the molecule is Cc1occc1C(O)c1ccc(OC2CC2)cc1. The largest absolute Gasteiger partial charge is 0.490 e. The Bertz CT molecular complexity index is 523. The molecule has 0 bridgehead atoms. The van der Waals surface area contributed by atoms with Crippen molar-refractivity contribution in [2.75, 3.05) is 0 Å². The highest BCUT2D eigenvalue weighted by Gasteiger charge is 2.23. The maximum absolute atomic E-state index is 10.2. The summed E-state index contributed by atoms with van der Waals surface area (Å²) >= 11 is 0. The van der Waals surface area contributed by atoms with Crippen LogP contribution in [0.15, 0.2) is 41.0 Å². The van der Waals surface area contributed by atoms with Gasteiger partial charge in [0.05, 0.1) is 12.4 Å². The molecule has 1 aliphatic rings. The fraction of sp³-hybridized carbons (Fsp3) is 0.333. The van der Waals surface area contributed by atoms with Crippen molar-refractivity contribution < 1.29 is 14.3 Å². The Hall–Kier alpha value is -1.74. The van der Waals surface area contributed by atoms with Crippen LogP contribution < -0.4 is 4.74 Å². The van der Waals surface area contributed by atoms with E-state index in [4.69, 9.17) is 9.15 Å². The maximum atomic E-state index is 10.2. The molecule has 94 valence electrons. The molecular formula is C15H16O3. The second kappa shape index (κ2) is 4.50. The van der Waals surface area contributed by atoms with Crippen molar-refractivity contribution in [3.05, 3.63) is 53.5 Å². The molecule has 1 aliphatic carbocycles. The van der Waals surface area contributed by atoms with Gasteiger partial charge in [-0.3, -0.25) is 0 Å². The fourth-order valence-corrected chi connectivity index (χ4v) is 1.97. The van der Waals surface area contributed by atoms with Gasteiger partial charge in [0.15, 0.2) is 0 Å². The summed E-state index contributed by atoms with van der Waals surface area (Å²) in [6.07, 6.45) is 3.66. The summed E-state index contributed by atoms with van der Waals surface area (Å²) in [5.74, 6) is 1.62. The van der Waals surface area contributed by atoms with Gasteiger partial charge in [-0.1, -0.05) is 12.1 Å². The van der Waals surface area contributed by atoms with E-state index >= 15 is 0 Å². The monoisotopic (exact) mass is 244 g/mol. The first-order chi connectivity index (χ1) is 8.74. The highest BCUT2D eigenvalue weighted by molar-refractivity contribution is 5.34. The van der Waals surface area contributed by atoms with Gasteiger partial charge >= 0.3 is 0 Å². The molecule has 0 amide bonds. The van der Waals surface area contributed by atoms with E-state index in [0.29, 0.717) is 6.10 Å². The van der Waals surface area contributed by atoms with Crippen LogP contribution in [0.25, 0.3) is 0 Å². The van der Waals surface area contributed by atoms with Crippen LogP contribution in [0, 0.1) is 6.92 Å². The van der Waals surface area contributed by atoms with Gasteiger partial charge in [0.25, 0.3) is 0 Å². The molecule has 0 radical (unpaired) electrons. The van der Waals surface area contributed by atoms with Gasteiger partial charge < -0.3 is 14.3 Å². The molecule has 1 atom stereocenters. The van der Waals surface area contributed by atoms with Crippen molar-refractivity contribution in [1.82, 2.24) is 0 Å². The van der Waals surface area contributed by atoms with Gasteiger partial charge in [-0.15, -0.1) is 0 Å². The van der Waals surface area contributed by atoms with Gasteiger partial charge in [0, 0.05) is 5.56 Å². The van der Waals surface area contributed by atoms with Gasteiger partial charge in [-0.05, 0) is 43.5 Å². The topological polar surface area (TPSA) is 42.6 Å². The van der Waals surface area contributed by atoms with Crippen LogP contribution in [-0.2, 0) is 0 Å². The van der Waals surface area contributed by atoms with Crippen LogP contribution in [0.3, 0.4) is 0 Å². The number of ether oxygens (including phenoxy) is 1. The van der Waals surface area contributed by atoms with E-state index in [1.54, 1.807) is 12.3 Å². The van der Waals surface area contributed by atoms with E-state index in [-0.39, 0.29) is 0 Å². The second-order valence-electron chi connectivity index (χ2n) is 4.72. The maximum Gasteiger partial charge on any atom is 0.119 e. The number of aliphatic hydroxyl groups is 1. The predicted octanol–water partition coefficient (Wildman–Crippen LogP) is 3.21. The summed E-state index contributed by atoms with van der Waals surface area (Å²) in [6.45, 7) is 1.85. The van der Waals surface area contributed by atoms with Crippen molar-refractivity contribution in [1.29, 1.82) is 0 Å². The van der Waals surface area contributed by atoms with Gasteiger partial charge in [0.2, 0.25) is 0 Å². The van der Waals surface area contributed by atoms with E-state index in [1.165, 1.54) is 0 Å². The normalized spacial score (nSPS) is 16.6. The number of hydrogen-bond donors (Lipinski definition) is 1. The molecule has 1 unspecified atom stereocenters. The minimum atomic E-state index is -0.640. The molecular weight excluding hydrogens is 228 g/mol. The molecule has 0 aliphatic heterocycles. The Balaban J connectivity index is 1.77. The summed E-state index contributed by atoms with van der Waals surface area (Å²) in [4.78, 5) is 0. The number of furan rings is 1. The molecule has 1 N–H and O–H groups in total. The summed E-state index contributed by atoms with van der Waals surface area (Å²) in [6, 6.07) is 9.41. The van der Waals surface area contributed by atoms with Crippen molar-refractivity contribution in [3.8, 4) is 5.75 Å². The fourth-order valence-electron chi connectivity index (χ4n) is 1.97. The lowest BCUT2D eigenvalue weighted by Gasteiger charge is -2.11. The Kier molecular flexibility index (Phi) is 2.84.